The fraction of sp³-hybridized carbons (Fsp3) is 0.588. The molecule has 1 amide bonds. The van der Waals surface area contributed by atoms with Crippen LogP contribution in [-0.4, -0.2) is 25.5 Å². The molecule has 1 aliphatic heterocycles. The largest absolute Gasteiger partial charge is 0.416 e. The highest BCUT2D eigenvalue weighted by molar-refractivity contribution is 5.96. The summed E-state index contributed by atoms with van der Waals surface area (Å²) in [6.07, 6.45) is -1.16. The first-order valence-corrected chi connectivity index (χ1v) is 8.38. The van der Waals surface area contributed by atoms with Gasteiger partial charge in [0.2, 0.25) is 5.91 Å². The van der Waals surface area contributed by atoms with Gasteiger partial charge in [0.15, 0.2) is 0 Å². The van der Waals surface area contributed by atoms with Crippen LogP contribution in [0.25, 0.3) is 0 Å². The Morgan fingerprint density at radius 3 is 2.58 bits per heavy atom. The zero-order chi connectivity index (χ0) is 17.6. The molecule has 0 unspecified atom stereocenters. The number of amides is 1. The summed E-state index contributed by atoms with van der Waals surface area (Å²) in [5.41, 5.74) is -0.0349. The Kier molecular flexibility index (Phi) is 6.48. The SMILES string of the molecule is CCCCNc1ccc(C(F)(F)F)cc1NC(=O)C1CCNCC1. The molecular weight excluding hydrogens is 319 g/mol. The summed E-state index contributed by atoms with van der Waals surface area (Å²) in [5.74, 6) is -0.376. The molecule has 1 aliphatic rings. The van der Waals surface area contributed by atoms with Crippen molar-refractivity contribution in [2.75, 3.05) is 30.3 Å². The number of hydrogen-bond donors (Lipinski definition) is 3. The van der Waals surface area contributed by atoms with Crippen molar-refractivity contribution >= 4 is 17.3 Å². The molecule has 0 saturated carbocycles. The third-order valence-corrected chi connectivity index (χ3v) is 4.16. The Bertz CT molecular complexity index is 555. The lowest BCUT2D eigenvalue weighted by atomic mass is 9.97. The summed E-state index contributed by atoms with van der Waals surface area (Å²) in [5, 5.41) is 8.96. The van der Waals surface area contributed by atoms with E-state index in [1.165, 1.54) is 6.07 Å². The van der Waals surface area contributed by atoms with Crippen LogP contribution >= 0.6 is 0 Å². The van der Waals surface area contributed by atoms with Gasteiger partial charge >= 0.3 is 6.18 Å². The lowest BCUT2D eigenvalue weighted by molar-refractivity contribution is -0.137. The second kappa shape index (κ2) is 8.37. The first-order chi connectivity index (χ1) is 11.4. The quantitative estimate of drug-likeness (QED) is 0.688. The standard InChI is InChI=1S/C17H24F3N3O/c1-2-3-8-22-14-5-4-13(17(18,19)20)11-15(14)23-16(24)12-6-9-21-10-7-12/h4-5,11-12,21-22H,2-3,6-10H2,1H3,(H,23,24). The van der Waals surface area contributed by atoms with E-state index in [0.717, 1.165) is 38.1 Å². The van der Waals surface area contributed by atoms with Crippen LogP contribution in [0.4, 0.5) is 24.5 Å². The van der Waals surface area contributed by atoms with Crippen LogP contribution in [0.15, 0.2) is 18.2 Å². The predicted molar refractivity (Wildman–Crippen MR) is 89.1 cm³/mol. The molecule has 2 rings (SSSR count). The molecule has 4 nitrogen and oxygen atoms in total. The van der Waals surface area contributed by atoms with Gasteiger partial charge in [-0.25, -0.2) is 0 Å². The summed E-state index contributed by atoms with van der Waals surface area (Å²) in [7, 11) is 0. The molecule has 0 atom stereocenters. The monoisotopic (exact) mass is 343 g/mol. The molecule has 134 valence electrons. The van der Waals surface area contributed by atoms with Crippen molar-refractivity contribution in [2.24, 2.45) is 5.92 Å². The zero-order valence-corrected chi connectivity index (χ0v) is 13.8. The van der Waals surface area contributed by atoms with Crippen LogP contribution in [0.5, 0.6) is 0 Å². The second-order valence-corrected chi connectivity index (χ2v) is 6.05. The molecule has 1 fully saturated rings. The summed E-state index contributed by atoms with van der Waals surface area (Å²) < 4.78 is 38.9. The minimum Gasteiger partial charge on any atom is -0.383 e. The molecule has 0 bridgehead atoms. The summed E-state index contributed by atoms with van der Waals surface area (Å²) >= 11 is 0. The average molecular weight is 343 g/mol. The van der Waals surface area contributed by atoms with Crippen molar-refractivity contribution in [3.05, 3.63) is 23.8 Å². The lowest BCUT2D eigenvalue weighted by Crippen LogP contribution is -2.34. The molecule has 24 heavy (non-hydrogen) atoms. The second-order valence-electron chi connectivity index (χ2n) is 6.05. The van der Waals surface area contributed by atoms with Crippen molar-refractivity contribution in [1.82, 2.24) is 5.32 Å². The molecule has 1 saturated heterocycles. The Morgan fingerprint density at radius 1 is 1.25 bits per heavy atom. The van der Waals surface area contributed by atoms with Crippen LogP contribution < -0.4 is 16.0 Å². The van der Waals surface area contributed by atoms with E-state index in [-0.39, 0.29) is 17.5 Å². The van der Waals surface area contributed by atoms with Crippen LogP contribution in [0, 0.1) is 5.92 Å². The number of piperidine rings is 1. The van der Waals surface area contributed by atoms with E-state index in [9.17, 15) is 18.0 Å². The normalized spacial score (nSPS) is 16.0. The van der Waals surface area contributed by atoms with Gasteiger partial charge in [0.1, 0.15) is 0 Å². The van der Waals surface area contributed by atoms with E-state index in [0.29, 0.717) is 25.1 Å². The number of hydrogen-bond acceptors (Lipinski definition) is 3. The first-order valence-electron chi connectivity index (χ1n) is 8.38. The number of rotatable bonds is 6. The van der Waals surface area contributed by atoms with Gasteiger partial charge in [-0.1, -0.05) is 13.3 Å². The number of carbonyl (C=O) groups excluding carboxylic acids is 1. The molecular formula is C17H24F3N3O. The molecule has 1 aromatic carbocycles. The lowest BCUT2D eigenvalue weighted by Gasteiger charge is -2.23. The van der Waals surface area contributed by atoms with E-state index in [1.54, 1.807) is 0 Å². The highest BCUT2D eigenvalue weighted by Gasteiger charge is 2.31. The Labute approximate surface area is 140 Å². The Hall–Kier alpha value is -1.76. The van der Waals surface area contributed by atoms with Crippen molar-refractivity contribution in [3.8, 4) is 0 Å². The maximum Gasteiger partial charge on any atom is 0.416 e. The van der Waals surface area contributed by atoms with E-state index < -0.39 is 11.7 Å². The molecule has 7 heteroatoms. The average Bonchev–Trinajstić information content (AvgIpc) is 2.56. The van der Waals surface area contributed by atoms with Crippen molar-refractivity contribution in [2.45, 2.75) is 38.8 Å². The highest BCUT2D eigenvalue weighted by atomic mass is 19.4. The van der Waals surface area contributed by atoms with Gasteiger partial charge in [-0.05, 0) is 50.6 Å². The van der Waals surface area contributed by atoms with Gasteiger partial charge in [-0.2, -0.15) is 13.2 Å². The van der Waals surface area contributed by atoms with E-state index >= 15 is 0 Å². The molecule has 0 spiro atoms. The van der Waals surface area contributed by atoms with Gasteiger partial charge in [-0.15, -0.1) is 0 Å². The van der Waals surface area contributed by atoms with E-state index in [1.807, 2.05) is 6.92 Å². The molecule has 1 heterocycles. The zero-order valence-electron chi connectivity index (χ0n) is 13.8. The van der Waals surface area contributed by atoms with Crippen LogP contribution in [0.3, 0.4) is 0 Å². The number of nitrogens with one attached hydrogen (secondary N) is 3. The van der Waals surface area contributed by atoms with Gasteiger partial charge in [0.05, 0.1) is 16.9 Å². The first kappa shape index (κ1) is 18.6. The minimum absolute atomic E-state index is 0.163. The Balaban J connectivity index is 2.17. The molecule has 0 aliphatic carbocycles. The number of unbranched alkanes of at least 4 members (excludes halogenated alkanes) is 1. The smallest absolute Gasteiger partial charge is 0.383 e. The van der Waals surface area contributed by atoms with Crippen LogP contribution in [0.2, 0.25) is 0 Å². The highest BCUT2D eigenvalue weighted by Crippen LogP contribution is 2.34. The van der Waals surface area contributed by atoms with Gasteiger partial charge in [-0.3, -0.25) is 4.79 Å². The molecule has 0 aromatic heterocycles. The number of halogens is 3. The van der Waals surface area contributed by atoms with Gasteiger partial charge in [0.25, 0.3) is 0 Å². The molecule has 0 radical (unpaired) electrons. The fourth-order valence-corrected chi connectivity index (χ4v) is 2.70. The van der Waals surface area contributed by atoms with Crippen molar-refractivity contribution < 1.29 is 18.0 Å². The third kappa shape index (κ3) is 5.12. The van der Waals surface area contributed by atoms with E-state index in [2.05, 4.69) is 16.0 Å². The Morgan fingerprint density at radius 2 is 1.96 bits per heavy atom. The summed E-state index contributed by atoms with van der Waals surface area (Å²) in [6, 6.07) is 3.43. The van der Waals surface area contributed by atoms with Crippen LogP contribution in [0.1, 0.15) is 38.2 Å². The minimum atomic E-state index is -4.43. The summed E-state index contributed by atoms with van der Waals surface area (Å²) in [4.78, 5) is 12.4. The maximum absolute atomic E-state index is 13.0. The van der Waals surface area contributed by atoms with Gasteiger partial charge in [0, 0.05) is 12.5 Å². The number of alkyl halides is 3. The predicted octanol–water partition coefficient (Wildman–Crippen LogP) is 3.86. The fourth-order valence-electron chi connectivity index (χ4n) is 2.70. The maximum atomic E-state index is 13.0. The van der Waals surface area contributed by atoms with Crippen molar-refractivity contribution in [3.63, 3.8) is 0 Å². The number of carbonyl (C=O) groups is 1. The number of benzene rings is 1. The molecule has 1 aromatic rings. The van der Waals surface area contributed by atoms with Crippen molar-refractivity contribution in [1.29, 1.82) is 0 Å². The third-order valence-electron chi connectivity index (χ3n) is 4.16. The number of anilines is 2. The van der Waals surface area contributed by atoms with Crippen LogP contribution in [-0.2, 0) is 11.0 Å². The molecule has 3 N–H and O–H groups in total. The van der Waals surface area contributed by atoms with Gasteiger partial charge < -0.3 is 16.0 Å². The van der Waals surface area contributed by atoms with E-state index in [4.69, 9.17) is 0 Å². The summed E-state index contributed by atoms with van der Waals surface area (Å²) in [6.45, 7) is 4.19. The topological polar surface area (TPSA) is 53.2 Å².